The molecule has 3 N–H and O–H groups in total. The number of halogens is 1. The van der Waals surface area contributed by atoms with E-state index in [1.807, 2.05) is 43.3 Å². The van der Waals surface area contributed by atoms with Crippen molar-refractivity contribution in [1.29, 1.82) is 0 Å². The van der Waals surface area contributed by atoms with Crippen LogP contribution in [0.5, 0.6) is 0 Å². The van der Waals surface area contributed by atoms with Gasteiger partial charge in [0.25, 0.3) is 0 Å². The maximum Gasteiger partial charge on any atom is 0.188 e. The predicted octanol–water partition coefficient (Wildman–Crippen LogP) is 3.67. The number of hydrogen-bond acceptors (Lipinski definition) is 3. The molecule has 1 heterocycles. The summed E-state index contributed by atoms with van der Waals surface area (Å²) in [5, 5.41) is 7.07. The van der Waals surface area contributed by atoms with Crippen LogP contribution in [-0.4, -0.2) is 18.2 Å². The summed E-state index contributed by atoms with van der Waals surface area (Å²) in [6, 6.07) is 14.8. The lowest BCUT2D eigenvalue weighted by molar-refractivity contribution is 0.409. The van der Waals surface area contributed by atoms with Crippen LogP contribution in [0.15, 0.2) is 64.3 Å². The molecular weight excluding hydrogens is 331 g/mol. The number of rotatable bonds is 5. The number of nitrogens with zero attached hydrogens (tertiary/aromatic N) is 2. The van der Waals surface area contributed by atoms with Gasteiger partial charge in [0.05, 0.1) is 5.69 Å². The van der Waals surface area contributed by atoms with Gasteiger partial charge in [0.1, 0.15) is 12.1 Å². The number of aromatic nitrogens is 1. The van der Waals surface area contributed by atoms with E-state index in [-0.39, 0.29) is 11.7 Å². The zero-order valence-corrected chi connectivity index (χ0v) is 14.7. The number of aliphatic imine (C=N–C) groups is 1. The first-order chi connectivity index (χ1) is 12.6. The molecule has 5 nitrogen and oxygen atoms in total. The van der Waals surface area contributed by atoms with Crippen LogP contribution in [0.2, 0.25) is 0 Å². The van der Waals surface area contributed by atoms with Gasteiger partial charge in [-0.15, -0.1) is 0 Å². The molecule has 2 aromatic carbocycles. The van der Waals surface area contributed by atoms with Crippen molar-refractivity contribution >= 4 is 5.96 Å². The quantitative estimate of drug-likeness (QED) is 0.543. The van der Waals surface area contributed by atoms with Gasteiger partial charge >= 0.3 is 0 Å². The fourth-order valence-corrected chi connectivity index (χ4v) is 2.83. The van der Waals surface area contributed by atoms with Crippen LogP contribution in [0.25, 0.3) is 11.1 Å². The standard InChI is InChI=1S/C20H21FN4O/c1-13(19-16(12-26-25-19)11-24-20(22)23-2)15-8-9-17(18(21)10-15)14-6-4-3-5-7-14/h3-10,12-13H,11H2,1-2H3,(H3,22,23,24). The lowest BCUT2D eigenvalue weighted by Crippen LogP contribution is -2.31. The third-order valence-corrected chi connectivity index (χ3v) is 4.36. The molecule has 3 aromatic rings. The first kappa shape index (κ1) is 17.7. The smallest absolute Gasteiger partial charge is 0.188 e. The molecule has 0 aliphatic carbocycles. The molecule has 0 saturated heterocycles. The van der Waals surface area contributed by atoms with Gasteiger partial charge in [-0.3, -0.25) is 4.99 Å². The molecule has 3 rings (SSSR count). The molecule has 26 heavy (non-hydrogen) atoms. The number of hydrogen-bond donors (Lipinski definition) is 2. The highest BCUT2D eigenvalue weighted by molar-refractivity contribution is 5.77. The van der Waals surface area contributed by atoms with Gasteiger partial charge in [0.15, 0.2) is 5.96 Å². The van der Waals surface area contributed by atoms with E-state index in [1.54, 1.807) is 25.4 Å². The Kier molecular flexibility index (Phi) is 5.31. The third kappa shape index (κ3) is 3.74. The summed E-state index contributed by atoms with van der Waals surface area (Å²) in [4.78, 5) is 3.85. The highest BCUT2D eigenvalue weighted by Gasteiger charge is 2.19. The van der Waals surface area contributed by atoms with Gasteiger partial charge in [-0.25, -0.2) is 4.39 Å². The van der Waals surface area contributed by atoms with Crippen LogP contribution >= 0.6 is 0 Å². The van der Waals surface area contributed by atoms with E-state index in [0.29, 0.717) is 18.1 Å². The van der Waals surface area contributed by atoms with E-state index in [0.717, 1.165) is 22.4 Å². The summed E-state index contributed by atoms with van der Waals surface area (Å²) in [5.41, 5.74) is 9.52. The molecule has 6 heteroatoms. The lowest BCUT2D eigenvalue weighted by Gasteiger charge is -2.13. The van der Waals surface area contributed by atoms with Gasteiger partial charge in [-0.2, -0.15) is 0 Å². The van der Waals surface area contributed by atoms with Gasteiger partial charge in [0, 0.05) is 30.6 Å². The first-order valence-electron chi connectivity index (χ1n) is 8.34. The van der Waals surface area contributed by atoms with E-state index in [4.69, 9.17) is 10.3 Å². The number of nitrogens with one attached hydrogen (secondary N) is 1. The molecule has 0 saturated carbocycles. The second kappa shape index (κ2) is 7.82. The molecule has 0 fully saturated rings. The van der Waals surface area contributed by atoms with Crippen molar-refractivity contribution in [2.75, 3.05) is 7.05 Å². The lowest BCUT2D eigenvalue weighted by atomic mass is 9.93. The molecule has 1 atom stereocenters. The van der Waals surface area contributed by atoms with Gasteiger partial charge in [0.2, 0.25) is 0 Å². The van der Waals surface area contributed by atoms with Gasteiger partial charge < -0.3 is 15.6 Å². The fourth-order valence-electron chi connectivity index (χ4n) is 2.83. The van der Waals surface area contributed by atoms with Crippen LogP contribution in [0.1, 0.15) is 29.7 Å². The van der Waals surface area contributed by atoms with Crippen LogP contribution in [-0.2, 0) is 6.54 Å². The Hall–Kier alpha value is -3.15. The topological polar surface area (TPSA) is 76.4 Å². The Morgan fingerprint density at radius 2 is 2.04 bits per heavy atom. The summed E-state index contributed by atoms with van der Waals surface area (Å²) in [6.45, 7) is 2.41. The van der Waals surface area contributed by atoms with Crippen LogP contribution < -0.4 is 11.1 Å². The van der Waals surface area contributed by atoms with Crippen molar-refractivity contribution in [3.8, 4) is 11.1 Å². The minimum atomic E-state index is -0.258. The van der Waals surface area contributed by atoms with Crippen molar-refractivity contribution in [3.05, 3.63) is 77.4 Å². The zero-order chi connectivity index (χ0) is 18.5. The van der Waals surface area contributed by atoms with Crippen LogP contribution in [0.3, 0.4) is 0 Å². The Morgan fingerprint density at radius 3 is 2.73 bits per heavy atom. The monoisotopic (exact) mass is 352 g/mol. The molecule has 0 spiro atoms. The van der Waals surface area contributed by atoms with Crippen LogP contribution in [0, 0.1) is 5.82 Å². The van der Waals surface area contributed by atoms with Gasteiger partial charge in [-0.1, -0.05) is 54.5 Å². The van der Waals surface area contributed by atoms with E-state index in [2.05, 4.69) is 15.5 Å². The normalized spacial score (nSPS) is 12.8. The Labute approximate surface area is 151 Å². The van der Waals surface area contributed by atoms with Crippen LogP contribution in [0.4, 0.5) is 4.39 Å². The molecule has 0 aliphatic heterocycles. The van der Waals surface area contributed by atoms with E-state index in [9.17, 15) is 4.39 Å². The van der Waals surface area contributed by atoms with E-state index >= 15 is 0 Å². The van der Waals surface area contributed by atoms with Crippen molar-refractivity contribution in [3.63, 3.8) is 0 Å². The predicted molar refractivity (Wildman–Crippen MR) is 100 cm³/mol. The SMILES string of the molecule is CN=C(N)NCc1conc1C(C)c1ccc(-c2ccccc2)c(F)c1. The minimum Gasteiger partial charge on any atom is -0.370 e. The summed E-state index contributed by atoms with van der Waals surface area (Å²) in [5.74, 6) is -0.0428. The maximum atomic E-state index is 14.6. The second-order valence-electron chi connectivity index (χ2n) is 6.01. The molecule has 1 aromatic heterocycles. The molecule has 0 radical (unpaired) electrons. The zero-order valence-electron chi connectivity index (χ0n) is 14.7. The maximum absolute atomic E-state index is 14.6. The molecule has 0 amide bonds. The molecule has 0 aliphatic rings. The summed E-state index contributed by atoms with van der Waals surface area (Å²) in [6.07, 6.45) is 1.57. The molecular formula is C20H21FN4O. The highest BCUT2D eigenvalue weighted by Crippen LogP contribution is 2.30. The number of guanidine groups is 1. The number of nitrogens with two attached hydrogens (primary N) is 1. The Bertz CT molecular complexity index is 905. The highest BCUT2D eigenvalue weighted by atomic mass is 19.1. The summed E-state index contributed by atoms with van der Waals surface area (Å²) < 4.78 is 19.8. The van der Waals surface area contributed by atoms with Crippen molar-refractivity contribution in [2.45, 2.75) is 19.4 Å². The van der Waals surface area contributed by atoms with E-state index in [1.165, 1.54) is 0 Å². The minimum absolute atomic E-state index is 0.121. The summed E-state index contributed by atoms with van der Waals surface area (Å²) in [7, 11) is 1.61. The van der Waals surface area contributed by atoms with Crippen molar-refractivity contribution < 1.29 is 8.91 Å². The largest absolute Gasteiger partial charge is 0.370 e. The number of benzene rings is 2. The molecule has 1 unspecified atom stereocenters. The molecule has 0 bridgehead atoms. The fraction of sp³-hybridized carbons (Fsp3) is 0.200. The average molecular weight is 352 g/mol. The average Bonchev–Trinajstić information content (AvgIpc) is 3.14. The van der Waals surface area contributed by atoms with Crippen molar-refractivity contribution in [1.82, 2.24) is 10.5 Å². The Balaban J connectivity index is 1.84. The second-order valence-corrected chi connectivity index (χ2v) is 6.01. The Morgan fingerprint density at radius 1 is 1.27 bits per heavy atom. The van der Waals surface area contributed by atoms with E-state index < -0.39 is 0 Å². The van der Waals surface area contributed by atoms with Crippen molar-refractivity contribution in [2.24, 2.45) is 10.7 Å². The van der Waals surface area contributed by atoms with Gasteiger partial charge in [-0.05, 0) is 17.2 Å². The molecule has 134 valence electrons. The first-order valence-corrected chi connectivity index (χ1v) is 8.34. The summed E-state index contributed by atoms with van der Waals surface area (Å²) >= 11 is 0. The third-order valence-electron chi connectivity index (χ3n) is 4.36.